The fraction of sp³-hybridized carbons (Fsp3) is 0.929. The summed E-state index contributed by atoms with van der Waals surface area (Å²) in [5.41, 5.74) is 6.30. The Kier molecular flexibility index (Phi) is 5.23. The van der Waals surface area contributed by atoms with Gasteiger partial charge in [-0.3, -0.25) is 0 Å². The molecular weight excluding hydrogens is 228 g/mol. The molecule has 1 saturated heterocycles. The third-order valence-electron chi connectivity index (χ3n) is 4.30. The molecule has 0 aromatic carbocycles. The van der Waals surface area contributed by atoms with Crippen molar-refractivity contribution in [3.8, 4) is 0 Å². The molecule has 3 heteroatoms. The van der Waals surface area contributed by atoms with E-state index in [2.05, 4.69) is 4.90 Å². The average Bonchev–Trinajstić information content (AvgIpc) is 2.40. The van der Waals surface area contributed by atoms with Gasteiger partial charge < -0.3 is 10.6 Å². The molecule has 17 heavy (non-hydrogen) atoms. The minimum absolute atomic E-state index is 0.131. The van der Waals surface area contributed by atoms with Crippen LogP contribution in [0.4, 0.5) is 0 Å². The molecule has 0 aromatic heterocycles. The highest BCUT2D eigenvalue weighted by Crippen LogP contribution is 2.27. The molecule has 0 unspecified atom stereocenters. The van der Waals surface area contributed by atoms with Crippen LogP contribution in [-0.2, 0) is 0 Å². The number of piperidine rings is 1. The second kappa shape index (κ2) is 6.69. The van der Waals surface area contributed by atoms with Crippen molar-refractivity contribution in [1.29, 1.82) is 0 Å². The zero-order valence-electron chi connectivity index (χ0n) is 10.9. The molecule has 2 fully saturated rings. The van der Waals surface area contributed by atoms with Crippen LogP contribution in [-0.4, -0.2) is 29.0 Å². The summed E-state index contributed by atoms with van der Waals surface area (Å²) in [6, 6.07) is 0.131. The Hall–Kier alpha value is -0.150. The van der Waals surface area contributed by atoms with Gasteiger partial charge >= 0.3 is 0 Å². The molecule has 0 amide bonds. The van der Waals surface area contributed by atoms with E-state index in [9.17, 15) is 0 Å². The lowest BCUT2D eigenvalue weighted by Gasteiger charge is -2.33. The maximum absolute atomic E-state index is 6.30. The van der Waals surface area contributed by atoms with Crippen molar-refractivity contribution in [1.82, 2.24) is 4.90 Å². The van der Waals surface area contributed by atoms with E-state index in [1.165, 1.54) is 51.4 Å². The Bertz CT molecular complexity index is 243. The largest absolute Gasteiger partial charge is 0.365 e. The van der Waals surface area contributed by atoms with Crippen LogP contribution < -0.4 is 5.73 Å². The van der Waals surface area contributed by atoms with Gasteiger partial charge in [-0.15, -0.1) is 0 Å². The lowest BCUT2D eigenvalue weighted by Crippen LogP contribution is -2.45. The summed E-state index contributed by atoms with van der Waals surface area (Å²) in [7, 11) is 0. The topological polar surface area (TPSA) is 29.3 Å². The fourth-order valence-electron chi connectivity index (χ4n) is 3.23. The van der Waals surface area contributed by atoms with E-state index in [4.69, 9.17) is 18.0 Å². The van der Waals surface area contributed by atoms with Crippen LogP contribution in [0, 0.1) is 5.92 Å². The minimum atomic E-state index is 0.131. The van der Waals surface area contributed by atoms with Crippen molar-refractivity contribution in [2.75, 3.05) is 13.1 Å². The van der Waals surface area contributed by atoms with E-state index >= 15 is 0 Å². The van der Waals surface area contributed by atoms with E-state index in [0.717, 1.165) is 30.4 Å². The molecule has 1 heterocycles. The highest BCUT2D eigenvalue weighted by Gasteiger charge is 2.23. The van der Waals surface area contributed by atoms with E-state index in [0.29, 0.717) is 0 Å². The predicted octanol–water partition coefficient (Wildman–Crippen LogP) is 3.10. The molecule has 2 aliphatic rings. The average molecular weight is 254 g/mol. The molecule has 1 aliphatic carbocycles. The zero-order valence-corrected chi connectivity index (χ0v) is 11.7. The van der Waals surface area contributed by atoms with Gasteiger partial charge in [0.1, 0.15) is 0 Å². The number of hydrogen-bond donors (Lipinski definition) is 1. The van der Waals surface area contributed by atoms with Crippen molar-refractivity contribution in [3.63, 3.8) is 0 Å². The second-order valence-corrected chi connectivity index (χ2v) is 6.15. The van der Waals surface area contributed by atoms with Crippen molar-refractivity contribution in [3.05, 3.63) is 0 Å². The molecule has 0 aromatic rings. The zero-order chi connectivity index (χ0) is 12.1. The third-order valence-corrected chi connectivity index (χ3v) is 4.86. The van der Waals surface area contributed by atoms with Gasteiger partial charge in [-0.05, 0) is 31.6 Å². The quantitative estimate of drug-likeness (QED) is 0.785. The highest BCUT2D eigenvalue weighted by atomic mass is 32.1. The Balaban J connectivity index is 1.77. The van der Waals surface area contributed by atoms with E-state index in [1.54, 1.807) is 0 Å². The monoisotopic (exact) mass is 254 g/mol. The summed E-state index contributed by atoms with van der Waals surface area (Å²) in [6.07, 6.45) is 12.0. The van der Waals surface area contributed by atoms with Crippen molar-refractivity contribution < 1.29 is 0 Å². The van der Waals surface area contributed by atoms with E-state index in [1.807, 2.05) is 0 Å². The molecule has 1 aliphatic heterocycles. The maximum atomic E-state index is 6.30. The van der Waals surface area contributed by atoms with Crippen LogP contribution >= 0.6 is 12.2 Å². The second-order valence-electron chi connectivity index (χ2n) is 5.73. The summed E-state index contributed by atoms with van der Waals surface area (Å²) in [5, 5.41) is 0. The lowest BCUT2D eigenvalue weighted by molar-refractivity contribution is 0.310. The van der Waals surface area contributed by atoms with Crippen LogP contribution in [0.2, 0.25) is 0 Å². The Morgan fingerprint density at radius 2 is 1.65 bits per heavy atom. The van der Waals surface area contributed by atoms with Gasteiger partial charge in [0.2, 0.25) is 0 Å². The molecule has 0 radical (unpaired) electrons. The number of thiocarbonyl (C=S) groups is 1. The first kappa shape index (κ1) is 13.3. The molecule has 98 valence electrons. The molecular formula is C14H26N2S. The number of likely N-dealkylation sites (tertiary alicyclic amines) is 1. The number of nitrogens with two attached hydrogens (primary N) is 1. The highest BCUT2D eigenvalue weighted by molar-refractivity contribution is 7.80. The van der Waals surface area contributed by atoms with Gasteiger partial charge in [-0.1, -0.05) is 44.3 Å². The normalized spacial score (nSPS) is 24.6. The molecule has 2 N–H and O–H groups in total. The van der Waals surface area contributed by atoms with Gasteiger partial charge in [0, 0.05) is 13.1 Å². The van der Waals surface area contributed by atoms with Gasteiger partial charge in [-0.25, -0.2) is 0 Å². The van der Waals surface area contributed by atoms with Crippen molar-refractivity contribution in [2.24, 2.45) is 11.7 Å². The summed E-state index contributed by atoms with van der Waals surface area (Å²) in [5.74, 6) is 0.835. The van der Waals surface area contributed by atoms with Crippen LogP contribution in [0.1, 0.15) is 57.8 Å². The molecule has 0 spiro atoms. The SMILES string of the molecule is N[C@@H](CC1CCCCC1)C(=S)N1CCCCC1. The van der Waals surface area contributed by atoms with E-state index < -0.39 is 0 Å². The van der Waals surface area contributed by atoms with Crippen LogP contribution in [0.3, 0.4) is 0 Å². The fourth-order valence-corrected chi connectivity index (χ4v) is 3.51. The van der Waals surface area contributed by atoms with Crippen molar-refractivity contribution >= 4 is 17.2 Å². The summed E-state index contributed by atoms with van der Waals surface area (Å²) in [4.78, 5) is 3.39. The summed E-state index contributed by atoms with van der Waals surface area (Å²) >= 11 is 5.57. The molecule has 1 saturated carbocycles. The lowest BCUT2D eigenvalue weighted by atomic mass is 9.85. The van der Waals surface area contributed by atoms with Gasteiger partial charge in [0.25, 0.3) is 0 Å². The first-order valence-corrected chi connectivity index (χ1v) is 7.72. The van der Waals surface area contributed by atoms with E-state index in [-0.39, 0.29) is 6.04 Å². The van der Waals surface area contributed by atoms with Gasteiger partial charge in [0.05, 0.1) is 11.0 Å². The standard InChI is InChI=1S/C14H26N2S/c15-13(11-12-7-3-1-4-8-12)14(17)16-9-5-2-6-10-16/h12-13H,1-11,15H2/t13-/m0/s1. The predicted molar refractivity (Wildman–Crippen MR) is 77.2 cm³/mol. The van der Waals surface area contributed by atoms with Crippen LogP contribution in [0.15, 0.2) is 0 Å². The van der Waals surface area contributed by atoms with Crippen LogP contribution in [0.5, 0.6) is 0 Å². The first-order chi connectivity index (χ1) is 8.27. The number of nitrogens with zero attached hydrogens (tertiary/aromatic N) is 1. The summed E-state index contributed by atoms with van der Waals surface area (Å²) in [6.45, 7) is 2.27. The number of hydrogen-bond acceptors (Lipinski definition) is 2. The molecule has 2 rings (SSSR count). The van der Waals surface area contributed by atoms with Crippen molar-refractivity contribution in [2.45, 2.75) is 63.8 Å². The maximum Gasteiger partial charge on any atom is 0.0949 e. The van der Waals surface area contributed by atoms with Gasteiger partial charge in [-0.2, -0.15) is 0 Å². The number of rotatable bonds is 3. The van der Waals surface area contributed by atoms with Gasteiger partial charge in [0.15, 0.2) is 0 Å². The molecule has 1 atom stereocenters. The first-order valence-electron chi connectivity index (χ1n) is 7.32. The summed E-state index contributed by atoms with van der Waals surface area (Å²) < 4.78 is 0. The van der Waals surface area contributed by atoms with Crippen LogP contribution in [0.25, 0.3) is 0 Å². The third kappa shape index (κ3) is 3.92. The molecule has 0 bridgehead atoms. The smallest absolute Gasteiger partial charge is 0.0949 e. The Morgan fingerprint density at radius 3 is 2.29 bits per heavy atom. The molecule has 2 nitrogen and oxygen atoms in total. The Morgan fingerprint density at radius 1 is 1.06 bits per heavy atom. The Labute approximate surface area is 111 Å². The minimum Gasteiger partial charge on any atom is -0.365 e.